The molecule has 1 fully saturated rings. The summed E-state index contributed by atoms with van der Waals surface area (Å²) >= 11 is 0. The van der Waals surface area contributed by atoms with Crippen molar-refractivity contribution in [1.29, 1.82) is 0 Å². The van der Waals surface area contributed by atoms with Gasteiger partial charge in [0.2, 0.25) is 0 Å². The maximum atomic E-state index is 11.4. The Bertz CT molecular complexity index is 513. The minimum Gasteiger partial charge on any atom is -0.453 e. The lowest BCUT2D eigenvalue weighted by molar-refractivity contribution is -0.0184. The van der Waals surface area contributed by atoms with Gasteiger partial charge in [0.15, 0.2) is 12.3 Å². The molecular formula is C11H14N2O4. The Morgan fingerprint density at radius 2 is 2.35 bits per heavy atom. The Morgan fingerprint density at radius 3 is 3.06 bits per heavy atom. The third kappa shape index (κ3) is 1.41. The fourth-order valence-corrected chi connectivity index (χ4v) is 2.35. The summed E-state index contributed by atoms with van der Waals surface area (Å²) in [5, 5.41) is 10.0. The van der Waals surface area contributed by atoms with Gasteiger partial charge in [-0.1, -0.05) is 6.92 Å². The number of aryl methyl sites for hydroxylation is 1. The van der Waals surface area contributed by atoms with E-state index in [0.29, 0.717) is 5.56 Å². The first-order valence-corrected chi connectivity index (χ1v) is 5.71. The molecule has 17 heavy (non-hydrogen) atoms. The van der Waals surface area contributed by atoms with Crippen molar-refractivity contribution in [2.24, 2.45) is 0 Å². The number of aliphatic hydroxyl groups excluding tert-OH is 1. The molecule has 0 radical (unpaired) electrons. The van der Waals surface area contributed by atoms with Crippen LogP contribution in [0.5, 0.6) is 6.01 Å². The minimum absolute atomic E-state index is 0.224. The van der Waals surface area contributed by atoms with Gasteiger partial charge in [-0.2, -0.15) is 4.98 Å². The van der Waals surface area contributed by atoms with E-state index in [9.17, 15) is 9.90 Å². The Labute approximate surface area is 97.8 Å². The summed E-state index contributed by atoms with van der Waals surface area (Å²) in [6.07, 6.45) is 0.643. The van der Waals surface area contributed by atoms with Crippen molar-refractivity contribution in [3.05, 3.63) is 22.1 Å². The average Bonchev–Trinajstić information content (AvgIpc) is 2.78. The molecule has 0 spiro atoms. The molecule has 2 aliphatic rings. The van der Waals surface area contributed by atoms with Gasteiger partial charge in [-0.15, -0.1) is 0 Å². The number of fused-ring (bicyclic) bond motifs is 3. The molecule has 1 saturated heterocycles. The van der Waals surface area contributed by atoms with E-state index in [1.165, 1.54) is 0 Å². The van der Waals surface area contributed by atoms with E-state index in [1.807, 2.05) is 6.92 Å². The SMILES string of the molecule is CC[C@H]1O[C@@H]2C(Oc3nc(=O)c(C)cn32)[C@H]1O. The Kier molecular flexibility index (Phi) is 2.24. The van der Waals surface area contributed by atoms with Gasteiger partial charge in [0.1, 0.15) is 6.10 Å². The second-order valence-electron chi connectivity index (χ2n) is 4.47. The van der Waals surface area contributed by atoms with Crippen LogP contribution in [0.2, 0.25) is 0 Å². The molecule has 1 aromatic rings. The summed E-state index contributed by atoms with van der Waals surface area (Å²) in [5.74, 6) is 0. The van der Waals surface area contributed by atoms with Gasteiger partial charge in [-0.25, -0.2) is 0 Å². The second-order valence-corrected chi connectivity index (χ2v) is 4.47. The summed E-state index contributed by atoms with van der Waals surface area (Å²) in [4.78, 5) is 15.2. The van der Waals surface area contributed by atoms with Crippen molar-refractivity contribution in [2.45, 2.75) is 44.8 Å². The first-order valence-electron chi connectivity index (χ1n) is 5.71. The van der Waals surface area contributed by atoms with Crippen LogP contribution in [0.4, 0.5) is 0 Å². The van der Waals surface area contributed by atoms with E-state index < -0.39 is 12.2 Å². The lowest BCUT2D eigenvalue weighted by Gasteiger charge is -2.14. The summed E-state index contributed by atoms with van der Waals surface area (Å²) in [5.41, 5.74) is 0.230. The Balaban J connectivity index is 2.02. The highest BCUT2D eigenvalue weighted by Gasteiger charge is 2.50. The maximum Gasteiger partial charge on any atom is 0.302 e. The van der Waals surface area contributed by atoms with Crippen LogP contribution in [0.15, 0.2) is 11.0 Å². The van der Waals surface area contributed by atoms with E-state index in [0.717, 1.165) is 6.42 Å². The largest absolute Gasteiger partial charge is 0.453 e. The third-order valence-electron chi connectivity index (χ3n) is 3.32. The fourth-order valence-electron chi connectivity index (χ4n) is 2.35. The third-order valence-corrected chi connectivity index (χ3v) is 3.32. The normalized spacial score (nSPS) is 34.3. The van der Waals surface area contributed by atoms with Gasteiger partial charge in [0.05, 0.1) is 6.10 Å². The first-order chi connectivity index (χ1) is 8.11. The van der Waals surface area contributed by atoms with Crippen LogP contribution < -0.4 is 10.3 Å². The van der Waals surface area contributed by atoms with Crippen LogP contribution in [-0.4, -0.2) is 33.0 Å². The predicted molar refractivity (Wildman–Crippen MR) is 57.9 cm³/mol. The number of aliphatic hydroxyl groups is 1. The fraction of sp³-hybridized carbons (Fsp3) is 0.636. The summed E-state index contributed by atoms with van der Waals surface area (Å²) in [6, 6.07) is 0.226. The highest BCUT2D eigenvalue weighted by atomic mass is 16.6. The molecule has 6 nitrogen and oxygen atoms in total. The number of nitrogens with zero attached hydrogens (tertiary/aromatic N) is 2. The zero-order chi connectivity index (χ0) is 12.2. The molecule has 1 N–H and O–H groups in total. The van der Waals surface area contributed by atoms with Gasteiger partial charge >= 0.3 is 6.01 Å². The van der Waals surface area contributed by atoms with Crippen LogP contribution in [0.1, 0.15) is 25.1 Å². The molecular weight excluding hydrogens is 224 g/mol. The average molecular weight is 238 g/mol. The first kappa shape index (κ1) is 10.7. The summed E-state index contributed by atoms with van der Waals surface area (Å²) < 4.78 is 12.9. The standard InChI is InChI=1S/C11H14N2O4/c1-3-6-7(14)8-10(16-6)13-4-5(2)9(15)12-11(13)17-8/h4,6-8,10,14H,3H2,1-2H3/t6-,7+,8?,10-/m1/s1. The lowest BCUT2D eigenvalue weighted by Crippen LogP contribution is -2.32. The van der Waals surface area contributed by atoms with Crippen molar-refractivity contribution >= 4 is 0 Å². The highest BCUT2D eigenvalue weighted by Crippen LogP contribution is 2.39. The second kappa shape index (κ2) is 3.54. The zero-order valence-electron chi connectivity index (χ0n) is 9.66. The topological polar surface area (TPSA) is 73.6 Å². The molecule has 0 aromatic carbocycles. The number of hydrogen-bond acceptors (Lipinski definition) is 5. The molecule has 3 heterocycles. The molecule has 4 atom stereocenters. The molecule has 0 bridgehead atoms. The molecule has 92 valence electrons. The molecule has 1 unspecified atom stereocenters. The molecule has 0 aliphatic carbocycles. The van der Waals surface area contributed by atoms with Gasteiger partial charge in [0.25, 0.3) is 5.56 Å². The van der Waals surface area contributed by atoms with Gasteiger partial charge in [-0.05, 0) is 13.3 Å². The van der Waals surface area contributed by atoms with E-state index in [-0.39, 0.29) is 23.9 Å². The smallest absolute Gasteiger partial charge is 0.302 e. The van der Waals surface area contributed by atoms with Crippen LogP contribution in [0.25, 0.3) is 0 Å². The predicted octanol–water partition coefficient (Wildman–Crippen LogP) is -0.0190. The van der Waals surface area contributed by atoms with Gasteiger partial charge in [-0.3, -0.25) is 9.36 Å². The van der Waals surface area contributed by atoms with Crippen LogP contribution in [-0.2, 0) is 4.74 Å². The van der Waals surface area contributed by atoms with Crippen molar-refractivity contribution in [3.8, 4) is 6.01 Å². The lowest BCUT2D eigenvalue weighted by atomic mass is 10.1. The van der Waals surface area contributed by atoms with Crippen molar-refractivity contribution in [2.75, 3.05) is 0 Å². The number of ether oxygens (including phenoxy) is 2. The van der Waals surface area contributed by atoms with Crippen LogP contribution >= 0.6 is 0 Å². The van der Waals surface area contributed by atoms with Gasteiger partial charge in [0, 0.05) is 11.8 Å². The number of rotatable bonds is 1. The van der Waals surface area contributed by atoms with E-state index in [2.05, 4.69) is 4.98 Å². The minimum atomic E-state index is -0.679. The quantitative estimate of drug-likeness (QED) is 0.744. The van der Waals surface area contributed by atoms with E-state index in [4.69, 9.17) is 9.47 Å². The monoisotopic (exact) mass is 238 g/mol. The van der Waals surface area contributed by atoms with Gasteiger partial charge < -0.3 is 14.6 Å². The van der Waals surface area contributed by atoms with Crippen LogP contribution in [0.3, 0.4) is 0 Å². The summed E-state index contributed by atoms with van der Waals surface area (Å²) in [6.45, 7) is 3.64. The number of aromatic nitrogens is 2. The van der Waals surface area contributed by atoms with E-state index in [1.54, 1.807) is 17.7 Å². The van der Waals surface area contributed by atoms with Crippen molar-refractivity contribution < 1.29 is 14.6 Å². The Hall–Kier alpha value is -1.40. The molecule has 1 aromatic heterocycles. The number of hydrogen-bond donors (Lipinski definition) is 1. The van der Waals surface area contributed by atoms with Crippen molar-refractivity contribution in [3.63, 3.8) is 0 Å². The van der Waals surface area contributed by atoms with Crippen molar-refractivity contribution in [1.82, 2.24) is 9.55 Å². The molecule has 0 amide bonds. The molecule has 2 aliphatic heterocycles. The zero-order valence-corrected chi connectivity index (χ0v) is 9.66. The molecule has 0 saturated carbocycles. The maximum absolute atomic E-state index is 11.4. The highest BCUT2D eigenvalue weighted by molar-refractivity contribution is 5.15. The van der Waals surface area contributed by atoms with E-state index >= 15 is 0 Å². The molecule has 3 rings (SSSR count). The summed E-state index contributed by atoms with van der Waals surface area (Å²) in [7, 11) is 0. The molecule has 6 heteroatoms. The van der Waals surface area contributed by atoms with Crippen LogP contribution in [0, 0.1) is 6.92 Å². The Morgan fingerprint density at radius 1 is 1.59 bits per heavy atom.